The predicted molar refractivity (Wildman–Crippen MR) is 386 cm³/mol. The highest BCUT2D eigenvalue weighted by molar-refractivity contribution is 7.47. The van der Waals surface area contributed by atoms with Gasteiger partial charge in [0.1, 0.15) is 19.3 Å². The number of phosphoric ester groups is 2. The molecule has 0 spiro atoms. The Morgan fingerprint density at radius 3 is 0.800 bits per heavy atom. The molecular formula is C76H148O17P2. The minimum Gasteiger partial charge on any atom is -0.462 e. The van der Waals surface area contributed by atoms with E-state index in [2.05, 4.69) is 41.5 Å². The van der Waals surface area contributed by atoms with E-state index >= 15 is 0 Å². The Balaban J connectivity index is 5.27. The molecule has 0 bridgehead atoms. The lowest BCUT2D eigenvalue weighted by Gasteiger charge is -2.21. The van der Waals surface area contributed by atoms with Gasteiger partial charge in [0.15, 0.2) is 12.2 Å². The van der Waals surface area contributed by atoms with Crippen molar-refractivity contribution in [3.8, 4) is 0 Å². The quantitative estimate of drug-likeness (QED) is 0.0222. The zero-order valence-corrected chi connectivity index (χ0v) is 63.8. The van der Waals surface area contributed by atoms with E-state index in [-0.39, 0.29) is 25.7 Å². The van der Waals surface area contributed by atoms with Crippen LogP contribution < -0.4 is 0 Å². The topological polar surface area (TPSA) is 237 Å². The zero-order chi connectivity index (χ0) is 70.0. The second-order valence-corrected chi connectivity index (χ2v) is 31.0. The highest BCUT2D eigenvalue weighted by Crippen LogP contribution is 2.45. The van der Waals surface area contributed by atoms with Crippen LogP contribution in [0.15, 0.2) is 0 Å². The Morgan fingerprint density at radius 1 is 0.305 bits per heavy atom. The number of hydrogen-bond acceptors (Lipinski definition) is 15. The number of hydrogen-bond donors (Lipinski definition) is 3. The lowest BCUT2D eigenvalue weighted by Crippen LogP contribution is -2.30. The van der Waals surface area contributed by atoms with Crippen LogP contribution in [0.25, 0.3) is 0 Å². The number of esters is 4. The Kier molecular flexibility index (Phi) is 66.5. The van der Waals surface area contributed by atoms with Crippen LogP contribution >= 0.6 is 15.6 Å². The molecule has 17 nitrogen and oxygen atoms in total. The molecule has 19 heteroatoms. The third kappa shape index (κ3) is 69.0. The first-order valence-corrected chi connectivity index (χ1v) is 42.5. The maximum atomic E-state index is 13.1. The first kappa shape index (κ1) is 93.1. The van der Waals surface area contributed by atoms with Crippen LogP contribution in [-0.4, -0.2) is 96.7 Å². The normalized spacial score (nSPS) is 14.3. The van der Waals surface area contributed by atoms with Crippen molar-refractivity contribution in [3.63, 3.8) is 0 Å². The molecule has 0 rings (SSSR count). The third-order valence-corrected chi connectivity index (χ3v) is 20.0. The molecule has 0 aliphatic rings. The molecule has 564 valence electrons. The van der Waals surface area contributed by atoms with Crippen molar-refractivity contribution in [1.29, 1.82) is 0 Å². The molecule has 0 aromatic rings. The van der Waals surface area contributed by atoms with Gasteiger partial charge in [-0.3, -0.25) is 37.3 Å². The largest absolute Gasteiger partial charge is 0.472 e. The second kappa shape index (κ2) is 67.9. The Morgan fingerprint density at radius 2 is 0.537 bits per heavy atom. The maximum Gasteiger partial charge on any atom is 0.472 e. The molecule has 0 aromatic carbocycles. The summed E-state index contributed by atoms with van der Waals surface area (Å²) < 4.78 is 68.6. The van der Waals surface area contributed by atoms with Crippen molar-refractivity contribution < 1.29 is 80.2 Å². The molecule has 0 saturated carbocycles. The molecule has 0 aliphatic carbocycles. The molecule has 0 radical (unpaired) electrons. The number of phosphoric acid groups is 2. The summed E-state index contributed by atoms with van der Waals surface area (Å²) in [5, 5.41) is 10.6. The van der Waals surface area contributed by atoms with Crippen LogP contribution in [0.1, 0.15) is 395 Å². The van der Waals surface area contributed by atoms with Gasteiger partial charge in [-0.15, -0.1) is 0 Å². The maximum absolute atomic E-state index is 13.1. The van der Waals surface area contributed by atoms with Crippen molar-refractivity contribution >= 4 is 39.5 Å². The molecule has 0 saturated heterocycles. The van der Waals surface area contributed by atoms with E-state index in [9.17, 15) is 43.2 Å². The molecule has 0 amide bonds. The van der Waals surface area contributed by atoms with Crippen LogP contribution in [0.5, 0.6) is 0 Å². The smallest absolute Gasteiger partial charge is 0.462 e. The number of carbonyl (C=O) groups is 4. The number of unbranched alkanes of at least 4 members (excludes halogenated alkanes) is 44. The summed E-state index contributed by atoms with van der Waals surface area (Å²) in [6, 6.07) is 0. The van der Waals surface area contributed by atoms with Crippen molar-refractivity contribution in [2.75, 3.05) is 39.6 Å². The molecule has 0 fully saturated rings. The molecular weight excluding hydrogens is 1250 g/mol. The number of ether oxygens (including phenoxy) is 4. The summed E-state index contributed by atoms with van der Waals surface area (Å²) in [6.45, 7) is 9.63. The lowest BCUT2D eigenvalue weighted by molar-refractivity contribution is -0.161. The van der Waals surface area contributed by atoms with Gasteiger partial charge in [0, 0.05) is 25.7 Å². The standard InChI is InChI=1S/C76H148O17P2/c1-7-10-12-14-16-18-20-22-23-24-28-36-42-48-54-60-75(80)92-71(64-87-74(79)59-53-47-41-35-29-25-26-32-38-44-50-56-68(4)5)66-90-94(82,83)88-62-70(77)63-89-95(84,85)91-67-72(65-86-73(78)58-52-46-40-34-27-21-19-17-15-13-11-8-2)93-76(81)61-55-49-43-37-31-30-33-39-45-51-57-69(6)9-3/h68-72,77H,7-67H2,1-6H3,(H,82,83)(H,84,85)/t69?,70-,71-,72-/m1/s1. The first-order valence-electron chi connectivity index (χ1n) is 39.5. The van der Waals surface area contributed by atoms with Crippen molar-refractivity contribution in [2.45, 2.75) is 413 Å². The zero-order valence-electron chi connectivity index (χ0n) is 62.0. The van der Waals surface area contributed by atoms with Gasteiger partial charge in [0.05, 0.1) is 26.4 Å². The van der Waals surface area contributed by atoms with E-state index in [1.807, 2.05) is 0 Å². The first-order chi connectivity index (χ1) is 45.9. The summed E-state index contributed by atoms with van der Waals surface area (Å²) in [5.74, 6) is -0.538. The summed E-state index contributed by atoms with van der Waals surface area (Å²) >= 11 is 0. The van der Waals surface area contributed by atoms with Gasteiger partial charge in [-0.25, -0.2) is 9.13 Å². The van der Waals surface area contributed by atoms with Gasteiger partial charge in [0.25, 0.3) is 0 Å². The van der Waals surface area contributed by atoms with Crippen LogP contribution in [0.2, 0.25) is 0 Å². The van der Waals surface area contributed by atoms with Gasteiger partial charge in [0.2, 0.25) is 0 Å². The summed E-state index contributed by atoms with van der Waals surface area (Å²) in [4.78, 5) is 72.9. The van der Waals surface area contributed by atoms with Crippen LogP contribution in [0, 0.1) is 11.8 Å². The highest BCUT2D eigenvalue weighted by Gasteiger charge is 2.30. The molecule has 3 N–H and O–H groups in total. The van der Waals surface area contributed by atoms with Crippen molar-refractivity contribution in [1.82, 2.24) is 0 Å². The predicted octanol–water partition coefficient (Wildman–Crippen LogP) is 22.3. The fourth-order valence-electron chi connectivity index (χ4n) is 11.6. The van der Waals surface area contributed by atoms with Crippen LogP contribution in [0.3, 0.4) is 0 Å². The minimum absolute atomic E-state index is 0.107. The fourth-order valence-corrected chi connectivity index (χ4v) is 13.2. The number of rotatable bonds is 75. The third-order valence-electron chi connectivity index (χ3n) is 18.1. The SMILES string of the molecule is CCCCCCCCCCCCCCCCCC(=O)O[C@H](COC(=O)CCCCCCCCCCCCCC(C)C)COP(=O)(O)OC[C@@H](O)COP(=O)(O)OC[C@@H](COC(=O)CCCCCCCCCCCCCC)OC(=O)CCCCCCCCCCCCC(C)CC. The van der Waals surface area contributed by atoms with E-state index in [1.165, 1.54) is 212 Å². The van der Waals surface area contributed by atoms with Crippen molar-refractivity contribution in [3.05, 3.63) is 0 Å². The van der Waals surface area contributed by atoms with Gasteiger partial charge in [-0.05, 0) is 37.5 Å². The van der Waals surface area contributed by atoms with E-state index in [0.29, 0.717) is 25.7 Å². The molecule has 95 heavy (non-hydrogen) atoms. The summed E-state index contributed by atoms with van der Waals surface area (Å²) in [7, 11) is -9.91. The van der Waals surface area contributed by atoms with Crippen LogP contribution in [-0.2, 0) is 65.4 Å². The Bertz CT molecular complexity index is 1840. The number of aliphatic hydroxyl groups excluding tert-OH is 1. The van der Waals surface area contributed by atoms with E-state index in [1.54, 1.807) is 0 Å². The van der Waals surface area contributed by atoms with Gasteiger partial charge >= 0.3 is 39.5 Å². The Hall–Kier alpha value is -1.94. The second-order valence-electron chi connectivity index (χ2n) is 28.1. The minimum atomic E-state index is -4.96. The highest BCUT2D eigenvalue weighted by atomic mass is 31.2. The van der Waals surface area contributed by atoms with Crippen molar-refractivity contribution in [2.24, 2.45) is 11.8 Å². The van der Waals surface area contributed by atoms with E-state index in [0.717, 1.165) is 102 Å². The average Bonchev–Trinajstić information content (AvgIpc) is 2.53. The summed E-state index contributed by atoms with van der Waals surface area (Å²) in [5.41, 5.74) is 0. The molecule has 6 atom stereocenters. The molecule has 0 heterocycles. The number of aliphatic hydroxyl groups is 1. The molecule has 0 aliphatic heterocycles. The van der Waals surface area contributed by atoms with Gasteiger partial charge in [-0.1, -0.05) is 343 Å². The molecule has 0 aromatic heterocycles. The van der Waals surface area contributed by atoms with Gasteiger partial charge in [-0.2, -0.15) is 0 Å². The van der Waals surface area contributed by atoms with E-state index < -0.39 is 97.5 Å². The van der Waals surface area contributed by atoms with Crippen LogP contribution in [0.4, 0.5) is 0 Å². The summed E-state index contributed by atoms with van der Waals surface area (Å²) in [6.07, 6.45) is 55.2. The fraction of sp³-hybridized carbons (Fsp3) is 0.947. The average molecular weight is 1400 g/mol. The van der Waals surface area contributed by atoms with Gasteiger partial charge < -0.3 is 33.8 Å². The molecule has 3 unspecified atom stereocenters. The monoisotopic (exact) mass is 1400 g/mol. The Labute approximate surface area is 581 Å². The lowest BCUT2D eigenvalue weighted by atomic mass is 9.99. The van der Waals surface area contributed by atoms with E-state index in [4.69, 9.17) is 37.0 Å². The number of carbonyl (C=O) groups excluding carboxylic acids is 4.